The molecule has 0 saturated heterocycles. The lowest BCUT2D eigenvalue weighted by Crippen LogP contribution is -2.09. The highest BCUT2D eigenvalue weighted by Gasteiger charge is 2.05. The molecule has 0 N–H and O–H groups in total. The smallest absolute Gasteiger partial charge is 0.131 e. The number of hydrogen-bond donors (Lipinski definition) is 0. The highest BCUT2D eigenvalue weighted by Crippen LogP contribution is 2.25. The van der Waals surface area contributed by atoms with Gasteiger partial charge in [-0.25, -0.2) is 4.98 Å². The summed E-state index contributed by atoms with van der Waals surface area (Å²) in [6.45, 7) is 0. The van der Waals surface area contributed by atoms with Gasteiger partial charge in [0.25, 0.3) is 0 Å². The van der Waals surface area contributed by atoms with E-state index in [4.69, 9.17) is 16.9 Å². The van der Waals surface area contributed by atoms with Crippen molar-refractivity contribution in [3.63, 3.8) is 0 Å². The summed E-state index contributed by atoms with van der Waals surface area (Å²) in [5, 5.41) is 9.31. The summed E-state index contributed by atoms with van der Waals surface area (Å²) >= 11 is 5.84. The molecule has 0 amide bonds. The van der Waals surface area contributed by atoms with Crippen molar-refractivity contribution < 1.29 is 0 Å². The van der Waals surface area contributed by atoms with Crippen LogP contribution in [0.3, 0.4) is 0 Å². The van der Waals surface area contributed by atoms with Gasteiger partial charge in [0, 0.05) is 24.6 Å². The van der Waals surface area contributed by atoms with Crippen LogP contribution in [0.2, 0.25) is 5.15 Å². The minimum absolute atomic E-state index is 0.450. The summed E-state index contributed by atoms with van der Waals surface area (Å²) in [6.07, 6.45) is 1.66. The first-order valence-electron chi connectivity index (χ1n) is 5.06. The molecule has 0 saturated carbocycles. The Kier molecular flexibility index (Phi) is 3.27. The lowest BCUT2D eigenvalue weighted by molar-refractivity contribution is 1.18. The summed E-state index contributed by atoms with van der Waals surface area (Å²) in [6, 6.07) is 13.2. The summed E-state index contributed by atoms with van der Waals surface area (Å²) in [7, 11) is 1.92. The van der Waals surface area contributed by atoms with Crippen LogP contribution in [0.15, 0.2) is 42.6 Å². The van der Waals surface area contributed by atoms with Gasteiger partial charge in [0.15, 0.2) is 0 Å². The van der Waals surface area contributed by atoms with Crippen LogP contribution in [0.25, 0.3) is 0 Å². The van der Waals surface area contributed by atoms with Gasteiger partial charge in [-0.2, -0.15) is 5.26 Å². The van der Waals surface area contributed by atoms with Gasteiger partial charge in [-0.15, -0.1) is 0 Å². The molecule has 0 radical (unpaired) electrons. The number of benzene rings is 1. The van der Waals surface area contributed by atoms with E-state index in [-0.39, 0.29) is 0 Å². The number of pyridine rings is 1. The molecule has 0 fully saturated rings. The fraction of sp³-hybridized carbons (Fsp3) is 0.0769. The lowest BCUT2D eigenvalue weighted by Gasteiger charge is -2.19. The Morgan fingerprint density at radius 3 is 2.71 bits per heavy atom. The Morgan fingerprint density at radius 1 is 1.24 bits per heavy atom. The maximum absolute atomic E-state index is 8.86. The van der Waals surface area contributed by atoms with Gasteiger partial charge < -0.3 is 4.90 Å². The molecule has 0 unspecified atom stereocenters. The molecule has 0 aliphatic rings. The molecule has 4 heteroatoms. The molecule has 17 heavy (non-hydrogen) atoms. The predicted molar refractivity (Wildman–Crippen MR) is 68.5 cm³/mol. The average molecular weight is 244 g/mol. The minimum atomic E-state index is 0.450. The van der Waals surface area contributed by atoms with Gasteiger partial charge in [-0.3, -0.25) is 0 Å². The third kappa shape index (κ3) is 2.55. The number of anilines is 2. The zero-order valence-electron chi connectivity index (χ0n) is 9.26. The molecule has 0 spiro atoms. The zero-order chi connectivity index (χ0) is 12.3. The van der Waals surface area contributed by atoms with E-state index in [1.54, 1.807) is 18.3 Å². The Balaban J connectivity index is 2.37. The van der Waals surface area contributed by atoms with Crippen molar-refractivity contribution in [2.45, 2.75) is 0 Å². The number of hydrogen-bond acceptors (Lipinski definition) is 3. The fourth-order valence-corrected chi connectivity index (χ4v) is 1.70. The van der Waals surface area contributed by atoms with Gasteiger partial charge in [0.1, 0.15) is 5.15 Å². The molecule has 2 aromatic rings. The zero-order valence-corrected chi connectivity index (χ0v) is 10.0. The van der Waals surface area contributed by atoms with E-state index < -0.39 is 0 Å². The quantitative estimate of drug-likeness (QED) is 0.760. The number of nitriles is 1. The first-order valence-corrected chi connectivity index (χ1v) is 5.44. The first-order chi connectivity index (χ1) is 8.20. The minimum Gasteiger partial charge on any atom is -0.344 e. The van der Waals surface area contributed by atoms with Crippen LogP contribution in [-0.2, 0) is 0 Å². The highest BCUT2D eigenvalue weighted by atomic mass is 35.5. The third-order valence-electron chi connectivity index (χ3n) is 2.46. The maximum atomic E-state index is 8.86. The molecule has 0 aliphatic carbocycles. The summed E-state index contributed by atoms with van der Waals surface area (Å²) < 4.78 is 0. The molecule has 0 aliphatic heterocycles. The maximum Gasteiger partial charge on any atom is 0.131 e. The second-order valence-corrected chi connectivity index (χ2v) is 3.95. The highest BCUT2D eigenvalue weighted by molar-refractivity contribution is 6.29. The van der Waals surface area contributed by atoms with E-state index in [2.05, 4.69) is 11.1 Å². The second-order valence-electron chi connectivity index (χ2n) is 3.56. The van der Waals surface area contributed by atoms with Crippen molar-refractivity contribution in [2.24, 2.45) is 0 Å². The Labute approximate surface area is 105 Å². The monoisotopic (exact) mass is 243 g/mol. The van der Waals surface area contributed by atoms with Crippen LogP contribution in [-0.4, -0.2) is 12.0 Å². The van der Waals surface area contributed by atoms with Crippen LogP contribution >= 0.6 is 11.6 Å². The number of halogens is 1. The van der Waals surface area contributed by atoms with E-state index in [9.17, 15) is 0 Å². The molecule has 2 rings (SSSR count). The third-order valence-corrected chi connectivity index (χ3v) is 2.67. The summed E-state index contributed by atoms with van der Waals surface area (Å²) in [5.74, 6) is 0. The molecule has 0 bridgehead atoms. The predicted octanol–water partition coefficient (Wildman–Crippen LogP) is 3.37. The van der Waals surface area contributed by atoms with Gasteiger partial charge in [0.05, 0.1) is 11.6 Å². The van der Waals surface area contributed by atoms with Gasteiger partial charge in [0.2, 0.25) is 0 Å². The van der Waals surface area contributed by atoms with Crippen LogP contribution in [0.5, 0.6) is 0 Å². The van der Waals surface area contributed by atoms with E-state index in [0.29, 0.717) is 10.7 Å². The van der Waals surface area contributed by atoms with Crippen LogP contribution in [0.1, 0.15) is 5.56 Å². The van der Waals surface area contributed by atoms with Crippen molar-refractivity contribution >= 4 is 23.0 Å². The van der Waals surface area contributed by atoms with E-state index in [1.807, 2.05) is 36.2 Å². The van der Waals surface area contributed by atoms with Crippen LogP contribution in [0, 0.1) is 11.3 Å². The Morgan fingerprint density at radius 2 is 2.00 bits per heavy atom. The topological polar surface area (TPSA) is 39.9 Å². The normalized spacial score (nSPS) is 9.71. The van der Waals surface area contributed by atoms with Crippen molar-refractivity contribution in [3.8, 4) is 6.07 Å². The molecular formula is C13H10ClN3. The van der Waals surface area contributed by atoms with Crippen LogP contribution < -0.4 is 4.90 Å². The lowest BCUT2D eigenvalue weighted by atomic mass is 10.2. The standard InChI is InChI=1S/C13H10ClN3/c1-17(12-5-6-16-13(14)8-12)11-4-2-3-10(7-11)9-15/h2-8H,1H3. The van der Waals surface area contributed by atoms with Crippen molar-refractivity contribution in [1.29, 1.82) is 5.26 Å². The molecule has 0 atom stereocenters. The molecule has 3 nitrogen and oxygen atoms in total. The molecule has 1 heterocycles. The summed E-state index contributed by atoms with van der Waals surface area (Å²) in [5.41, 5.74) is 2.50. The average Bonchev–Trinajstić information content (AvgIpc) is 2.38. The Hall–Kier alpha value is -2.05. The van der Waals surface area contributed by atoms with E-state index >= 15 is 0 Å². The van der Waals surface area contributed by atoms with Gasteiger partial charge in [-0.05, 0) is 30.3 Å². The number of rotatable bonds is 2. The Bertz CT molecular complexity index is 575. The molecular weight excluding hydrogens is 234 g/mol. The SMILES string of the molecule is CN(c1cccc(C#N)c1)c1ccnc(Cl)c1. The molecule has 84 valence electrons. The second kappa shape index (κ2) is 4.86. The van der Waals surface area contributed by atoms with Crippen LogP contribution in [0.4, 0.5) is 11.4 Å². The van der Waals surface area contributed by atoms with Crippen molar-refractivity contribution in [1.82, 2.24) is 4.98 Å². The number of nitrogens with zero attached hydrogens (tertiary/aromatic N) is 3. The van der Waals surface area contributed by atoms with E-state index in [1.165, 1.54) is 0 Å². The number of aromatic nitrogens is 1. The molecule has 1 aromatic carbocycles. The van der Waals surface area contributed by atoms with Gasteiger partial charge >= 0.3 is 0 Å². The van der Waals surface area contributed by atoms with Crippen molar-refractivity contribution in [2.75, 3.05) is 11.9 Å². The molecule has 1 aromatic heterocycles. The first kappa shape index (κ1) is 11.4. The largest absolute Gasteiger partial charge is 0.344 e. The summed E-state index contributed by atoms with van der Waals surface area (Å²) in [4.78, 5) is 5.89. The van der Waals surface area contributed by atoms with Gasteiger partial charge in [-0.1, -0.05) is 17.7 Å². The van der Waals surface area contributed by atoms with Crippen molar-refractivity contribution in [3.05, 3.63) is 53.3 Å². The van der Waals surface area contributed by atoms with E-state index in [0.717, 1.165) is 11.4 Å². The fourth-order valence-electron chi connectivity index (χ4n) is 1.53.